The van der Waals surface area contributed by atoms with Crippen molar-refractivity contribution in [3.05, 3.63) is 0 Å². The normalized spacial score (nSPS) is 19.4. The highest BCUT2D eigenvalue weighted by Gasteiger charge is 2.37. The molecular formula is C13H23NO4. The third kappa shape index (κ3) is 4.64. The van der Waals surface area contributed by atoms with Crippen molar-refractivity contribution in [2.24, 2.45) is 0 Å². The molecule has 18 heavy (non-hydrogen) atoms. The highest BCUT2D eigenvalue weighted by atomic mass is 16.5. The zero-order chi connectivity index (χ0) is 13.6. The molecule has 1 amide bonds. The summed E-state index contributed by atoms with van der Waals surface area (Å²) in [6.07, 6.45) is 4.63. The summed E-state index contributed by atoms with van der Waals surface area (Å²) in [5.74, 6) is -0.912. The van der Waals surface area contributed by atoms with Crippen molar-refractivity contribution in [1.29, 1.82) is 0 Å². The van der Waals surface area contributed by atoms with Crippen molar-refractivity contribution >= 4 is 11.9 Å². The topological polar surface area (TPSA) is 75.6 Å². The molecule has 0 aromatic heterocycles. The van der Waals surface area contributed by atoms with E-state index in [1.807, 2.05) is 6.92 Å². The molecule has 1 fully saturated rings. The Hall–Kier alpha value is -1.10. The van der Waals surface area contributed by atoms with Gasteiger partial charge in [0.15, 0.2) is 0 Å². The maximum atomic E-state index is 11.8. The highest BCUT2D eigenvalue weighted by molar-refractivity contribution is 5.78. The summed E-state index contributed by atoms with van der Waals surface area (Å²) in [5.41, 5.74) is -0.515. The van der Waals surface area contributed by atoms with E-state index in [-0.39, 0.29) is 18.4 Å². The van der Waals surface area contributed by atoms with Gasteiger partial charge in [-0.2, -0.15) is 0 Å². The summed E-state index contributed by atoms with van der Waals surface area (Å²) in [4.78, 5) is 22.7. The average Bonchev–Trinajstić information content (AvgIpc) is 2.73. The van der Waals surface area contributed by atoms with Crippen LogP contribution < -0.4 is 5.32 Å². The summed E-state index contributed by atoms with van der Waals surface area (Å²) < 4.78 is 5.09. The number of carboxylic acids is 1. The molecule has 5 nitrogen and oxygen atoms in total. The molecule has 0 heterocycles. The Morgan fingerprint density at radius 2 is 2.00 bits per heavy atom. The SMILES string of the molecule is COC(C)CCC(=O)NC1(CC(=O)O)CCCC1. The molecule has 0 aromatic carbocycles. The Kier molecular flexibility index (Phi) is 5.59. The number of nitrogens with one attached hydrogen (secondary N) is 1. The number of carboxylic acid groups (broad SMARTS) is 1. The number of aliphatic carboxylic acids is 1. The van der Waals surface area contributed by atoms with Crippen LogP contribution in [0.15, 0.2) is 0 Å². The quantitative estimate of drug-likeness (QED) is 0.728. The van der Waals surface area contributed by atoms with E-state index >= 15 is 0 Å². The minimum Gasteiger partial charge on any atom is -0.481 e. The van der Waals surface area contributed by atoms with Gasteiger partial charge < -0.3 is 15.2 Å². The van der Waals surface area contributed by atoms with E-state index in [0.717, 1.165) is 25.7 Å². The fraction of sp³-hybridized carbons (Fsp3) is 0.846. The van der Waals surface area contributed by atoms with Crippen molar-refractivity contribution in [2.75, 3.05) is 7.11 Å². The molecule has 0 aliphatic heterocycles. The zero-order valence-corrected chi connectivity index (χ0v) is 11.2. The number of carbonyl (C=O) groups is 2. The lowest BCUT2D eigenvalue weighted by molar-refractivity contribution is -0.139. The van der Waals surface area contributed by atoms with Gasteiger partial charge in [0.1, 0.15) is 0 Å². The first-order valence-corrected chi connectivity index (χ1v) is 6.53. The second-order valence-electron chi connectivity index (χ2n) is 5.19. The Balaban J connectivity index is 2.46. The highest BCUT2D eigenvalue weighted by Crippen LogP contribution is 2.32. The third-order valence-corrected chi connectivity index (χ3v) is 3.64. The number of hydrogen-bond donors (Lipinski definition) is 2. The first-order chi connectivity index (χ1) is 8.47. The maximum Gasteiger partial charge on any atom is 0.305 e. The Bertz CT molecular complexity index is 297. The summed E-state index contributed by atoms with van der Waals surface area (Å²) >= 11 is 0. The van der Waals surface area contributed by atoms with Crippen LogP contribution in [0, 0.1) is 0 Å². The van der Waals surface area contributed by atoms with E-state index in [1.54, 1.807) is 7.11 Å². The largest absolute Gasteiger partial charge is 0.481 e. The molecule has 0 saturated heterocycles. The third-order valence-electron chi connectivity index (χ3n) is 3.64. The van der Waals surface area contributed by atoms with Crippen molar-refractivity contribution in [2.45, 2.75) is 63.5 Å². The van der Waals surface area contributed by atoms with E-state index in [0.29, 0.717) is 12.8 Å². The van der Waals surface area contributed by atoms with Crippen LogP contribution in [0.1, 0.15) is 51.9 Å². The van der Waals surface area contributed by atoms with E-state index < -0.39 is 11.5 Å². The van der Waals surface area contributed by atoms with Crippen LogP contribution in [0.5, 0.6) is 0 Å². The van der Waals surface area contributed by atoms with Crippen LogP contribution in [0.3, 0.4) is 0 Å². The Morgan fingerprint density at radius 3 is 2.50 bits per heavy atom. The summed E-state index contributed by atoms with van der Waals surface area (Å²) in [7, 11) is 1.62. The lowest BCUT2D eigenvalue weighted by Gasteiger charge is -2.28. The van der Waals surface area contributed by atoms with Gasteiger partial charge in [-0.25, -0.2) is 0 Å². The molecule has 104 valence electrons. The number of rotatable bonds is 7. The summed E-state index contributed by atoms with van der Waals surface area (Å²) in [6.45, 7) is 1.91. The van der Waals surface area contributed by atoms with E-state index in [1.165, 1.54) is 0 Å². The fourth-order valence-electron chi connectivity index (χ4n) is 2.50. The van der Waals surface area contributed by atoms with Crippen LogP contribution in [0.2, 0.25) is 0 Å². The molecule has 1 unspecified atom stereocenters. The van der Waals surface area contributed by atoms with Crippen molar-refractivity contribution in [1.82, 2.24) is 5.32 Å². The number of ether oxygens (including phenoxy) is 1. The van der Waals surface area contributed by atoms with Gasteiger partial charge in [0.25, 0.3) is 0 Å². The van der Waals surface area contributed by atoms with Crippen molar-refractivity contribution in [3.8, 4) is 0 Å². The van der Waals surface area contributed by atoms with Crippen LogP contribution in [0.25, 0.3) is 0 Å². The van der Waals surface area contributed by atoms with Gasteiger partial charge in [-0.05, 0) is 26.2 Å². The van der Waals surface area contributed by atoms with Crippen molar-refractivity contribution in [3.63, 3.8) is 0 Å². The van der Waals surface area contributed by atoms with Crippen LogP contribution >= 0.6 is 0 Å². The van der Waals surface area contributed by atoms with Crippen LogP contribution in [-0.2, 0) is 14.3 Å². The predicted molar refractivity (Wildman–Crippen MR) is 67.3 cm³/mol. The van der Waals surface area contributed by atoms with Gasteiger partial charge in [-0.1, -0.05) is 12.8 Å². The molecule has 0 spiro atoms. The number of amides is 1. The molecule has 2 N–H and O–H groups in total. The molecule has 1 rings (SSSR count). The lowest BCUT2D eigenvalue weighted by Crippen LogP contribution is -2.47. The minimum absolute atomic E-state index is 0.0264. The second kappa shape index (κ2) is 6.73. The maximum absolute atomic E-state index is 11.8. The molecule has 1 aliphatic rings. The van der Waals surface area contributed by atoms with Gasteiger partial charge in [-0.15, -0.1) is 0 Å². The van der Waals surface area contributed by atoms with E-state index in [9.17, 15) is 9.59 Å². The monoisotopic (exact) mass is 257 g/mol. The van der Waals surface area contributed by atoms with Gasteiger partial charge >= 0.3 is 5.97 Å². The predicted octanol–water partition coefficient (Wildman–Crippen LogP) is 1.71. The molecule has 5 heteroatoms. The number of carbonyl (C=O) groups excluding carboxylic acids is 1. The van der Waals surface area contributed by atoms with E-state index in [2.05, 4.69) is 5.32 Å². The zero-order valence-electron chi connectivity index (χ0n) is 11.2. The fourth-order valence-corrected chi connectivity index (χ4v) is 2.50. The van der Waals surface area contributed by atoms with Gasteiger partial charge in [-0.3, -0.25) is 9.59 Å². The smallest absolute Gasteiger partial charge is 0.305 e. The molecule has 1 atom stereocenters. The molecule has 0 bridgehead atoms. The van der Waals surface area contributed by atoms with E-state index in [4.69, 9.17) is 9.84 Å². The molecule has 0 aromatic rings. The molecular weight excluding hydrogens is 234 g/mol. The van der Waals surface area contributed by atoms with Gasteiger partial charge in [0, 0.05) is 13.5 Å². The Labute approximate surface area is 108 Å². The number of methoxy groups -OCH3 is 1. The first-order valence-electron chi connectivity index (χ1n) is 6.53. The standard InChI is InChI=1S/C13H23NO4/c1-10(18-2)5-6-11(15)14-13(9-12(16)17)7-3-4-8-13/h10H,3-9H2,1-2H3,(H,14,15)(H,16,17). The number of hydrogen-bond acceptors (Lipinski definition) is 3. The van der Waals surface area contributed by atoms with Gasteiger partial charge in [0.05, 0.1) is 18.1 Å². The van der Waals surface area contributed by atoms with Crippen LogP contribution in [0.4, 0.5) is 0 Å². The summed E-state index contributed by atoms with van der Waals surface area (Å²) in [6, 6.07) is 0. The van der Waals surface area contributed by atoms with Crippen LogP contribution in [-0.4, -0.2) is 35.7 Å². The molecule has 1 aliphatic carbocycles. The average molecular weight is 257 g/mol. The molecule has 1 saturated carbocycles. The van der Waals surface area contributed by atoms with Crippen molar-refractivity contribution < 1.29 is 19.4 Å². The molecule has 0 radical (unpaired) electrons. The second-order valence-corrected chi connectivity index (χ2v) is 5.19. The first kappa shape index (κ1) is 15.0. The summed E-state index contributed by atoms with van der Waals surface area (Å²) in [5, 5.41) is 11.9. The minimum atomic E-state index is -0.845. The Morgan fingerprint density at radius 1 is 1.39 bits per heavy atom. The van der Waals surface area contributed by atoms with Gasteiger partial charge in [0.2, 0.25) is 5.91 Å². The lowest BCUT2D eigenvalue weighted by atomic mass is 9.93.